The summed E-state index contributed by atoms with van der Waals surface area (Å²) < 4.78 is 14.7. The molecule has 0 spiro atoms. The minimum Gasteiger partial charge on any atom is -0.312 e. The quantitative estimate of drug-likeness (QED) is 0.524. The van der Waals surface area contributed by atoms with Crippen LogP contribution in [0.2, 0.25) is 0 Å². The Hall–Kier alpha value is 0.530. The van der Waals surface area contributed by atoms with Crippen molar-refractivity contribution in [3.63, 3.8) is 0 Å². The fourth-order valence-corrected chi connectivity index (χ4v) is 1.77. The van der Waals surface area contributed by atoms with Gasteiger partial charge >= 0.3 is 6.72 Å². The zero-order chi connectivity index (χ0) is 6.04. The fourth-order valence-electron chi connectivity index (χ4n) is 0.441. The van der Waals surface area contributed by atoms with E-state index in [0.717, 1.165) is 0 Å². The van der Waals surface area contributed by atoms with Crippen LogP contribution in [0.25, 0.3) is 0 Å². The molecule has 0 aromatic rings. The Kier molecular flexibility index (Phi) is 2.01. The fraction of sp³-hybridized carbons (Fsp3) is 1.00. The summed E-state index contributed by atoms with van der Waals surface area (Å²) in [5.41, 5.74) is 0. The maximum atomic E-state index is 4.97. The Morgan fingerprint density at radius 3 is 2.25 bits per heavy atom. The van der Waals surface area contributed by atoms with Gasteiger partial charge in [0.1, 0.15) is 0 Å². The third kappa shape index (κ3) is 1.27. The molecule has 0 unspecified atom stereocenters. The van der Waals surface area contributed by atoms with Gasteiger partial charge in [0.15, 0.2) is 0 Å². The first-order valence-corrected chi connectivity index (χ1v) is 4.77. The van der Waals surface area contributed by atoms with Crippen molar-refractivity contribution in [2.45, 2.75) is 0 Å². The van der Waals surface area contributed by atoms with Crippen LogP contribution in [0.15, 0.2) is 0 Å². The molecule has 8 heavy (non-hydrogen) atoms. The first kappa shape index (κ1) is 6.65. The molecule has 0 aromatic heterocycles. The van der Waals surface area contributed by atoms with Gasteiger partial charge in [-0.1, -0.05) is 0 Å². The number of rotatable bonds is 1. The Balaban J connectivity index is 2.53. The van der Waals surface area contributed by atoms with Gasteiger partial charge < -0.3 is 13.6 Å². The average molecular weight is 154 g/mol. The molecule has 3 nitrogen and oxygen atoms in total. The zero-order valence-corrected chi connectivity index (χ0v) is 6.21. The summed E-state index contributed by atoms with van der Waals surface area (Å²) in [4.78, 5) is 0. The van der Waals surface area contributed by atoms with E-state index in [1.165, 1.54) is 7.11 Å². The normalized spacial score (nSPS) is 26.1. The molecule has 0 aliphatic carbocycles. The molecular formula is C3H7O3PS. The predicted octanol–water partition coefficient (Wildman–Crippen LogP) is 0.904. The second-order valence-corrected chi connectivity index (χ2v) is 4.41. The molecule has 0 atom stereocenters. The molecule has 48 valence electrons. The topological polar surface area (TPSA) is 27.7 Å². The number of hydrogen-bond acceptors (Lipinski definition) is 4. The Morgan fingerprint density at radius 1 is 1.50 bits per heavy atom. The van der Waals surface area contributed by atoms with E-state index >= 15 is 0 Å². The SMILES string of the molecule is COP1(=S)OCCO1. The molecule has 0 radical (unpaired) electrons. The van der Waals surface area contributed by atoms with Crippen molar-refractivity contribution in [1.29, 1.82) is 0 Å². The lowest BCUT2D eigenvalue weighted by atomic mass is 10.8. The number of hydrogen-bond donors (Lipinski definition) is 0. The molecule has 0 N–H and O–H groups in total. The van der Waals surface area contributed by atoms with Crippen molar-refractivity contribution in [2.75, 3.05) is 20.3 Å². The third-order valence-corrected chi connectivity index (χ3v) is 3.33. The van der Waals surface area contributed by atoms with E-state index in [0.29, 0.717) is 13.2 Å². The lowest BCUT2D eigenvalue weighted by Gasteiger charge is -2.07. The molecule has 0 aromatic carbocycles. The van der Waals surface area contributed by atoms with Crippen LogP contribution >= 0.6 is 6.72 Å². The Bertz CT molecular complexity index is 116. The van der Waals surface area contributed by atoms with E-state index in [1.807, 2.05) is 0 Å². The van der Waals surface area contributed by atoms with Gasteiger partial charge in [-0.3, -0.25) is 0 Å². The molecule has 0 saturated carbocycles. The van der Waals surface area contributed by atoms with Crippen LogP contribution in [-0.2, 0) is 25.4 Å². The van der Waals surface area contributed by atoms with Crippen molar-refractivity contribution in [3.05, 3.63) is 0 Å². The molecule has 0 bridgehead atoms. The van der Waals surface area contributed by atoms with Crippen molar-refractivity contribution < 1.29 is 13.6 Å². The van der Waals surface area contributed by atoms with Crippen molar-refractivity contribution in [3.8, 4) is 0 Å². The van der Waals surface area contributed by atoms with Crippen molar-refractivity contribution in [2.24, 2.45) is 0 Å². The summed E-state index contributed by atoms with van der Waals surface area (Å²) in [7, 11) is 1.51. The summed E-state index contributed by atoms with van der Waals surface area (Å²) in [5, 5.41) is 0. The molecule has 1 heterocycles. The van der Waals surface area contributed by atoms with Gasteiger partial charge in [-0.2, -0.15) is 0 Å². The molecule has 1 rings (SSSR count). The van der Waals surface area contributed by atoms with Crippen LogP contribution in [0.1, 0.15) is 0 Å². The van der Waals surface area contributed by atoms with E-state index in [4.69, 9.17) is 25.4 Å². The lowest BCUT2D eigenvalue weighted by Crippen LogP contribution is -1.80. The molecule has 1 aliphatic heterocycles. The van der Waals surface area contributed by atoms with Gasteiger partial charge in [0.05, 0.1) is 13.2 Å². The van der Waals surface area contributed by atoms with Crippen LogP contribution in [0.5, 0.6) is 0 Å². The van der Waals surface area contributed by atoms with Crippen molar-refractivity contribution in [1.82, 2.24) is 0 Å². The molecule has 1 fully saturated rings. The smallest absolute Gasteiger partial charge is 0.312 e. The summed E-state index contributed by atoms with van der Waals surface area (Å²) in [6.07, 6.45) is 0. The standard InChI is InChI=1S/C3H7O3PS/c1-4-7(8)5-2-3-6-7/h2-3H2,1H3. The van der Waals surface area contributed by atoms with E-state index in [-0.39, 0.29) is 0 Å². The van der Waals surface area contributed by atoms with Crippen molar-refractivity contribution >= 4 is 18.5 Å². The third-order valence-electron chi connectivity index (χ3n) is 0.806. The minimum absolute atomic E-state index is 0.575. The van der Waals surface area contributed by atoms with Gasteiger partial charge in [0, 0.05) is 7.11 Å². The van der Waals surface area contributed by atoms with Gasteiger partial charge in [-0.15, -0.1) is 0 Å². The monoisotopic (exact) mass is 154 g/mol. The van der Waals surface area contributed by atoms with E-state index < -0.39 is 6.72 Å². The lowest BCUT2D eigenvalue weighted by molar-refractivity contribution is 0.293. The van der Waals surface area contributed by atoms with Gasteiger partial charge in [0.25, 0.3) is 0 Å². The van der Waals surface area contributed by atoms with E-state index in [9.17, 15) is 0 Å². The van der Waals surface area contributed by atoms with Crippen LogP contribution in [0.4, 0.5) is 0 Å². The highest BCUT2D eigenvalue weighted by Crippen LogP contribution is 2.52. The molecule has 1 saturated heterocycles. The van der Waals surface area contributed by atoms with E-state index in [1.54, 1.807) is 0 Å². The van der Waals surface area contributed by atoms with Gasteiger partial charge in [-0.25, -0.2) is 0 Å². The second kappa shape index (κ2) is 2.42. The average Bonchev–Trinajstić information content (AvgIpc) is 2.17. The maximum absolute atomic E-state index is 4.97. The largest absolute Gasteiger partial charge is 0.327 e. The summed E-state index contributed by atoms with van der Waals surface area (Å²) in [6, 6.07) is 0. The van der Waals surface area contributed by atoms with Crippen LogP contribution in [0, 0.1) is 0 Å². The summed E-state index contributed by atoms with van der Waals surface area (Å²) in [5.74, 6) is 0. The summed E-state index contributed by atoms with van der Waals surface area (Å²) >= 11 is 4.81. The zero-order valence-electron chi connectivity index (χ0n) is 4.49. The Labute approximate surface area is 53.2 Å². The van der Waals surface area contributed by atoms with Crippen LogP contribution in [-0.4, -0.2) is 20.3 Å². The van der Waals surface area contributed by atoms with Gasteiger partial charge in [0.2, 0.25) is 0 Å². The highest BCUT2D eigenvalue weighted by Gasteiger charge is 2.23. The molecule has 1 aliphatic rings. The van der Waals surface area contributed by atoms with Crippen LogP contribution < -0.4 is 0 Å². The first-order valence-electron chi connectivity index (χ1n) is 2.22. The van der Waals surface area contributed by atoms with Crippen LogP contribution in [0.3, 0.4) is 0 Å². The molecular weight excluding hydrogens is 147 g/mol. The predicted molar refractivity (Wildman–Crippen MR) is 33.2 cm³/mol. The van der Waals surface area contributed by atoms with Gasteiger partial charge in [-0.05, 0) is 11.8 Å². The first-order chi connectivity index (χ1) is 3.77. The van der Waals surface area contributed by atoms with E-state index in [2.05, 4.69) is 0 Å². The second-order valence-electron chi connectivity index (χ2n) is 1.30. The summed E-state index contributed by atoms with van der Waals surface area (Å²) in [6.45, 7) is -1.07. The maximum Gasteiger partial charge on any atom is 0.327 e. The Morgan fingerprint density at radius 2 is 2.00 bits per heavy atom. The minimum atomic E-state index is -2.22. The molecule has 5 heteroatoms. The highest BCUT2D eigenvalue weighted by molar-refractivity contribution is 8.07. The molecule has 0 amide bonds. The highest BCUT2D eigenvalue weighted by atomic mass is 32.5.